The maximum absolute atomic E-state index is 11.2. The van der Waals surface area contributed by atoms with Crippen LogP contribution in [-0.4, -0.2) is 43.4 Å². The smallest absolute Gasteiger partial charge is 0.319 e. The standard InChI is InChI=1S/C9H15NO3/c1-7-5-10(4-3-8(7)11)6-9(12)13-2/h7H,3-6H2,1-2H3. The number of ether oxygens (including phenoxy) is 1. The number of likely N-dealkylation sites (tertiary alicyclic amines) is 1. The normalized spacial score (nSPS) is 24.5. The lowest BCUT2D eigenvalue weighted by atomic mass is 9.99. The van der Waals surface area contributed by atoms with Gasteiger partial charge < -0.3 is 4.74 Å². The first-order chi connectivity index (χ1) is 6.13. The van der Waals surface area contributed by atoms with E-state index in [0.717, 1.165) is 0 Å². The van der Waals surface area contributed by atoms with E-state index >= 15 is 0 Å². The van der Waals surface area contributed by atoms with Gasteiger partial charge in [-0.25, -0.2) is 0 Å². The van der Waals surface area contributed by atoms with Crippen molar-refractivity contribution in [2.75, 3.05) is 26.7 Å². The summed E-state index contributed by atoms with van der Waals surface area (Å²) in [6.07, 6.45) is 0.554. The Morgan fingerprint density at radius 1 is 1.69 bits per heavy atom. The molecule has 1 fully saturated rings. The van der Waals surface area contributed by atoms with E-state index in [1.54, 1.807) is 0 Å². The van der Waals surface area contributed by atoms with Gasteiger partial charge in [0.15, 0.2) is 0 Å². The zero-order valence-electron chi connectivity index (χ0n) is 8.08. The zero-order chi connectivity index (χ0) is 9.84. The van der Waals surface area contributed by atoms with Crippen LogP contribution in [0.3, 0.4) is 0 Å². The molecule has 0 N–H and O–H groups in total. The van der Waals surface area contributed by atoms with Crippen LogP contribution in [0.2, 0.25) is 0 Å². The Balaban J connectivity index is 2.37. The molecule has 0 amide bonds. The molecule has 4 heteroatoms. The van der Waals surface area contributed by atoms with Crippen molar-refractivity contribution in [3.05, 3.63) is 0 Å². The van der Waals surface area contributed by atoms with E-state index in [9.17, 15) is 9.59 Å². The topological polar surface area (TPSA) is 46.6 Å². The molecule has 1 heterocycles. The number of carbonyl (C=O) groups excluding carboxylic acids is 2. The summed E-state index contributed by atoms with van der Waals surface area (Å²) >= 11 is 0. The van der Waals surface area contributed by atoms with Gasteiger partial charge in [0.25, 0.3) is 0 Å². The van der Waals surface area contributed by atoms with Gasteiger partial charge in [-0.2, -0.15) is 0 Å². The Bertz CT molecular complexity index is 215. The van der Waals surface area contributed by atoms with Crippen molar-refractivity contribution < 1.29 is 14.3 Å². The molecule has 1 rings (SSSR count). The van der Waals surface area contributed by atoms with Gasteiger partial charge >= 0.3 is 5.97 Å². The molecule has 0 radical (unpaired) electrons. The number of esters is 1. The van der Waals surface area contributed by atoms with Crippen molar-refractivity contribution in [2.24, 2.45) is 5.92 Å². The zero-order valence-corrected chi connectivity index (χ0v) is 8.08. The summed E-state index contributed by atoms with van der Waals surface area (Å²) in [4.78, 5) is 24.0. The summed E-state index contributed by atoms with van der Waals surface area (Å²) in [5.74, 6) is 0.112. The van der Waals surface area contributed by atoms with Gasteiger partial charge in [0.2, 0.25) is 0 Å². The van der Waals surface area contributed by atoms with Crippen molar-refractivity contribution >= 4 is 11.8 Å². The minimum atomic E-state index is -0.235. The molecule has 0 saturated carbocycles. The van der Waals surface area contributed by atoms with Gasteiger partial charge in [-0.1, -0.05) is 6.92 Å². The van der Waals surface area contributed by atoms with Gasteiger partial charge in [0, 0.05) is 25.4 Å². The first-order valence-electron chi connectivity index (χ1n) is 4.45. The molecule has 1 atom stereocenters. The number of rotatable bonds is 2. The van der Waals surface area contributed by atoms with Gasteiger partial charge in [0.1, 0.15) is 5.78 Å². The second kappa shape index (κ2) is 4.37. The van der Waals surface area contributed by atoms with E-state index in [0.29, 0.717) is 31.8 Å². The first kappa shape index (κ1) is 10.2. The maximum Gasteiger partial charge on any atom is 0.319 e. The Morgan fingerprint density at radius 2 is 2.38 bits per heavy atom. The van der Waals surface area contributed by atoms with E-state index < -0.39 is 0 Å². The number of carbonyl (C=O) groups is 2. The van der Waals surface area contributed by atoms with Crippen LogP contribution < -0.4 is 0 Å². The molecule has 0 aromatic carbocycles. The molecule has 1 aliphatic rings. The number of hydrogen-bond acceptors (Lipinski definition) is 4. The van der Waals surface area contributed by atoms with Crippen molar-refractivity contribution in [1.82, 2.24) is 4.90 Å². The molecule has 1 unspecified atom stereocenters. The number of hydrogen-bond donors (Lipinski definition) is 0. The summed E-state index contributed by atoms with van der Waals surface area (Å²) in [7, 11) is 1.38. The Labute approximate surface area is 77.8 Å². The fourth-order valence-corrected chi connectivity index (χ4v) is 1.49. The fraction of sp³-hybridized carbons (Fsp3) is 0.778. The second-order valence-electron chi connectivity index (χ2n) is 3.43. The van der Waals surface area contributed by atoms with Gasteiger partial charge in [-0.05, 0) is 0 Å². The van der Waals surface area contributed by atoms with Crippen LogP contribution in [0.4, 0.5) is 0 Å². The predicted molar refractivity (Wildman–Crippen MR) is 47.2 cm³/mol. The largest absolute Gasteiger partial charge is 0.468 e. The number of nitrogens with zero attached hydrogens (tertiary/aromatic N) is 1. The molecular weight excluding hydrogens is 170 g/mol. The van der Waals surface area contributed by atoms with E-state index in [-0.39, 0.29) is 11.9 Å². The Kier molecular flexibility index (Phi) is 3.42. The highest BCUT2D eigenvalue weighted by molar-refractivity contribution is 5.82. The lowest BCUT2D eigenvalue weighted by Crippen LogP contribution is -2.42. The predicted octanol–water partition coefficient (Wildman–Crippen LogP) is 0.0703. The van der Waals surface area contributed by atoms with Crippen molar-refractivity contribution in [3.8, 4) is 0 Å². The average Bonchev–Trinajstić information content (AvgIpc) is 2.11. The molecule has 4 nitrogen and oxygen atoms in total. The monoisotopic (exact) mass is 185 g/mol. The lowest BCUT2D eigenvalue weighted by molar-refractivity contribution is -0.143. The van der Waals surface area contributed by atoms with Crippen molar-refractivity contribution in [3.63, 3.8) is 0 Å². The van der Waals surface area contributed by atoms with E-state index in [2.05, 4.69) is 4.74 Å². The minimum absolute atomic E-state index is 0.0541. The third-order valence-electron chi connectivity index (χ3n) is 2.34. The SMILES string of the molecule is COC(=O)CN1CCC(=O)C(C)C1. The molecule has 0 bridgehead atoms. The van der Waals surface area contributed by atoms with Crippen LogP contribution in [0.25, 0.3) is 0 Å². The highest BCUT2D eigenvalue weighted by Crippen LogP contribution is 2.11. The van der Waals surface area contributed by atoms with E-state index in [1.165, 1.54) is 7.11 Å². The summed E-state index contributed by atoms with van der Waals surface area (Å²) in [6.45, 7) is 3.55. The highest BCUT2D eigenvalue weighted by Gasteiger charge is 2.24. The molecule has 0 aromatic rings. The molecule has 0 spiro atoms. The lowest BCUT2D eigenvalue weighted by Gasteiger charge is -2.28. The molecule has 13 heavy (non-hydrogen) atoms. The molecular formula is C9H15NO3. The average molecular weight is 185 g/mol. The van der Waals surface area contributed by atoms with Crippen LogP contribution in [0.1, 0.15) is 13.3 Å². The Morgan fingerprint density at radius 3 is 2.92 bits per heavy atom. The quantitative estimate of drug-likeness (QED) is 0.571. The fourth-order valence-electron chi connectivity index (χ4n) is 1.49. The number of Topliss-reactive ketones (excluding diaryl/α,β-unsaturated/α-hetero) is 1. The minimum Gasteiger partial charge on any atom is -0.468 e. The molecule has 1 aliphatic heterocycles. The van der Waals surface area contributed by atoms with E-state index in [4.69, 9.17) is 0 Å². The third kappa shape index (κ3) is 2.81. The van der Waals surface area contributed by atoms with E-state index in [1.807, 2.05) is 11.8 Å². The van der Waals surface area contributed by atoms with Crippen molar-refractivity contribution in [2.45, 2.75) is 13.3 Å². The summed E-state index contributed by atoms with van der Waals surface area (Å²) in [5, 5.41) is 0. The van der Waals surface area contributed by atoms with Crippen molar-refractivity contribution in [1.29, 1.82) is 0 Å². The maximum atomic E-state index is 11.2. The number of ketones is 1. The number of piperidine rings is 1. The van der Waals surface area contributed by atoms with Crippen LogP contribution in [0.5, 0.6) is 0 Å². The molecule has 0 aliphatic carbocycles. The highest BCUT2D eigenvalue weighted by atomic mass is 16.5. The first-order valence-corrected chi connectivity index (χ1v) is 4.45. The van der Waals surface area contributed by atoms with Gasteiger partial charge in [0.05, 0.1) is 13.7 Å². The summed E-state index contributed by atoms with van der Waals surface area (Å²) < 4.78 is 4.55. The summed E-state index contributed by atoms with van der Waals surface area (Å²) in [6, 6.07) is 0. The van der Waals surface area contributed by atoms with Crippen LogP contribution in [0.15, 0.2) is 0 Å². The van der Waals surface area contributed by atoms with Crippen LogP contribution in [-0.2, 0) is 14.3 Å². The molecule has 0 aromatic heterocycles. The molecule has 74 valence electrons. The summed E-state index contributed by atoms with van der Waals surface area (Å²) in [5.41, 5.74) is 0. The van der Waals surface area contributed by atoms with Crippen LogP contribution >= 0.6 is 0 Å². The Hall–Kier alpha value is -0.900. The molecule has 1 saturated heterocycles. The van der Waals surface area contributed by atoms with Crippen LogP contribution in [0, 0.1) is 5.92 Å². The van der Waals surface area contributed by atoms with Gasteiger partial charge in [-0.3, -0.25) is 14.5 Å². The van der Waals surface area contributed by atoms with Gasteiger partial charge in [-0.15, -0.1) is 0 Å². The number of methoxy groups -OCH3 is 1. The second-order valence-corrected chi connectivity index (χ2v) is 3.43. The third-order valence-corrected chi connectivity index (χ3v) is 2.34.